The van der Waals surface area contributed by atoms with Gasteiger partial charge in [-0.25, -0.2) is 0 Å². The molecule has 0 aliphatic carbocycles. The summed E-state index contributed by atoms with van der Waals surface area (Å²) < 4.78 is 35.4. The van der Waals surface area contributed by atoms with Gasteiger partial charge >= 0.3 is 23.9 Å². The van der Waals surface area contributed by atoms with E-state index in [-0.39, 0.29) is 42.2 Å². The molecule has 15 nitrogen and oxygen atoms in total. The van der Waals surface area contributed by atoms with Crippen LogP contribution in [0.3, 0.4) is 0 Å². The van der Waals surface area contributed by atoms with E-state index in [1.165, 1.54) is 0 Å². The highest BCUT2D eigenvalue weighted by Crippen LogP contribution is 2.47. The van der Waals surface area contributed by atoms with Crippen LogP contribution < -0.4 is 5.43 Å². The van der Waals surface area contributed by atoms with Crippen molar-refractivity contribution in [1.29, 1.82) is 0 Å². The summed E-state index contributed by atoms with van der Waals surface area (Å²) in [5.41, 5.74) is -1.81. The van der Waals surface area contributed by atoms with Crippen LogP contribution in [0.1, 0.15) is 116 Å². The van der Waals surface area contributed by atoms with E-state index < -0.39 is 100 Å². The summed E-state index contributed by atoms with van der Waals surface area (Å²) in [5, 5.41) is 42.7. The average molecular weight is 759 g/mol. The zero-order valence-corrected chi connectivity index (χ0v) is 31.1. The maximum atomic E-state index is 13.8. The second-order valence-corrected chi connectivity index (χ2v) is 13.4. The Kier molecular flexibility index (Phi) is 14.9. The van der Waals surface area contributed by atoms with Crippen LogP contribution in [0.25, 0.3) is 21.9 Å². The molecule has 1 aliphatic rings. The highest BCUT2D eigenvalue weighted by Gasteiger charge is 2.54. The molecular formula is C39H50O15. The zero-order chi connectivity index (χ0) is 39.5. The maximum Gasteiger partial charge on any atom is 0.306 e. The summed E-state index contributed by atoms with van der Waals surface area (Å²) in [6, 6.07) is 2.95. The number of rotatable bonds is 18. The second-order valence-electron chi connectivity index (χ2n) is 13.4. The number of benzene rings is 2. The van der Waals surface area contributed by atoms with Crippen molar-refractivity contribution in [3.63, 3.8) is 0 Å². The van der Waals surface area contributed by atoms with Gasteiger partial charge in [0.15, 0.2) is 29.8 Å². The smallest absolute Gasteiger partial charge is 0.306 e. The SMILES string of the molecule is CCCCC(=O)OC[C@H]1O[C@@H](c2c(O)cc3oc4cc(O)c(O)cc4c(=O)c3c2O)[C@H](OC(=O)CCCC)[C@@H](OC(=O)CCCC)[C@@H]1OC(=O)CCCC. The van der Waals surface area contributed by atoms with Gasteiger partial charge in [-0.1, -0.05) is 53.4 Å². The van der Waals surface area contributed by atoms with Crippen LogP contribution in [-0.4, -0.2) is 75.3 Å². The topological polar surface area (TPSA) is 226 Å². The Balaban J connectivity index is 1.95. The third-order valence-corrected chi connectivity index (χ3v) is 9.12. The molecule has 296 valence electrons. The third kappa shape index (κ3) is 9.92. The largest absolute Gasteiger partial charge is 0.507 e. The summed E-state index contributed by atoms with van der Waals surface area (Å²) in [5.74, 6) is -5.53. The number of ether oxygens (including phenoxy) is 5. The van der Waals surface area contributed by atoms with E-state index in [9.17, 15) is 44.4 Å². The van der Waals surface area contributed by atoms with Crippen molar-refractivity contribution in [3.05, 3.63) is 34.0 Å². The molecule has 2 aromatic carbocycles. The minimum Gasteiger partial charge on any atom is -0.507 e. The van der Waals surface area contributed by atoms with E-state index in [1.54, 1.807) is 0 Å². The molecule has 5 atom stereocenters. The normalized spacial score (nSPS) is 19.7. The number of aromatic hydroxyl groups is 4. The van der Waals surface area contributed by atoms with Crippen LogP contribution in [0.15, 0.2) is 27.4 Å². The van der Waals surface area contributed by atoms with Crippen molar-refractivity contribution < 1.29 is 67.7 Å². The number of phenolic OH excluding ortho intramolecular Hbond substituents is 4. The summed E-state index contributed by atoms with van der Waals surface area (Å²) in [6.45, 7) is 6.97. The quantitative estimate of drug-likeness (QED) is 0.0487. The minimum atomic E-state index is -1.71. The Morgan fingerprint density at radius 1 is 0.630 bits per heavy atom. The van der Waals surface area contributed by atoms with Crippen molar-refractivity contribution in [2.45, 2.75) is 135 Å². The lowest BCUT2D eigenvalue weighted by Gasteiger charge is -2.45. The molecule has 3 aromatic rings. The molecule has 0 bridgehead atoms. The van der Waals surface area contributed by atoms with Crippen LogP contribution >= 0.6 is 0 Å². The van der Waals surface area contributed by atoms with E-state index in [0.29, 0.717) is 51.4 Å². The van der Waals surface area contributed by atoms with Gasteiger partial charge in [0.2, 0.25) is 5.43 Å². The molecule has 0 radical (unpaired) electrons. The Morgan fingerprint density at radius 3 is 1.67 bits per heavy atom. The van der Waals surface area contributed by atoms with Gasteiger partial charge in [0.1, 0.15) is 46.9 Å². The molecule has 54 heavy (non-hydrogen) atoms. The van der Waals surface area contributed by atoms with Gasteiger partial charge in [0, 0.05) is 37.8 Å². The number of fused-ring (bicyclic) bond motifs is 2. The Bertz CT molecular complexity index is 1860. The van der Waals surface area contributed by atoms with Gasteiger partial charge in [-0.15, -0.1) is 0 Å². The zero-order valence-electron chi connectivity index (χ0n) is 31.1. The summed E-state index contributed by atoms with van der Waals surface area (Å²) in [4.78, 5) is 66.3. The number of unbranched alkanes of at least 4 members (excludes halogenated alkanes) is 4. The third-order valence-electron chi connectivity index (χ3n) is 9.12. The molecule has 15 heteroatoms. The first-order valence-electron chi connectivity index (χ1n) is 18.6. The van der Waals surface area contributed by atoms with Crippen LogP contribution in [0.2, 0.25) is 0 Å². The standard InChI is InChI=1S/C39H50O15/c1-5-9-13-28(43)49-20-27-36(52-29(44)14-10-6-2)38(53-30(45)15-11-7-3)39(54-31(46)16-12-8-4)37(51-27)32-24(42)19-26-33(35(32)48)34(47)21-17-22(40)23(41)18-25(21)50-26/h17-19,27,36-42,48H,5-16,20H2,1-4H3/t27-,36-,37+,38+,39+/m1/s1. The lowest BCUT2D eigenvalue weighted by atomic mass is 9.88. The molecular weight excluding hydrogens is 708 g/mol. The number of hydrogen-bond acceptors (Lipinski definition) is 15. The van der Waals surface area contributed by atoms with Gasteiger partial charge < -0.3 is 48.5 Å². The number of esters is 4. The van der Waals surface area contributed by atoms with Crippen LogP contribution in [0.5, 0.6) is 23.0 Å². The van der Waals surface area contributed by atoms with E-state index in [2.05, 4.69) is 0 Å². The monoisotopic (exact) mass is 758 g/mol. The van der Waals surface area contributed by atoms with Crippen molar-refractivity contribution >= 4 is 45.8 Å². The fourth-order valence-electron chi connectivity index (χ4n) is 6.15. The van der Waals surface area contributed by atoms with Crippen molar-refractivity contribution in [2.24, 2.45) is 0 Å². The molecule has 4 N–H and O–H groups in total. The molecule has 0 saturated carbocycles. The molecule has 0 amide bonds. The second kappa shape index (κ2) is 19.3. The lowest BCUT2D eigenvalue weighted by molar-refractivity contribution is -0.256. The fourth-order valence-corrected chi connectivity index (χ4v) is 6.15. The summed E-state index contributed by atoms with van der Waals surface area (Å²) in [7, 11) is 0. The van der Waals surface area contributed by atoms with Crippen LogP contribution in [0, 0.1) is 0 Å². The molecule has 1 saturated heterocycles. The summed E-state index contributed by atoms with van der Waals surface area (Å²) >= 11 is 0. The van der Waals surface area contributed by atoms with E-state index in [4.69, 9.17) is 28.1 Å². The first kappa shape index (κ1) is 41.7. The predicted molar refractivity (Wildman–Crippen MR) is 193 cm³/mol. The van der Waals surface area contributed by atoms with Crippen molar-refractivity contribution in [2.75, 3.05) is 6.61 Å². The van der Waals surface area contributed by atoms with E-state index in [1.807, 2.05) is 27.7 Å². The minimum absolute atomic E-state index is 0.0137. The van der Waals surface area contributed by atoms with Gasteiger partial charge in [0.05, 0.1) is 10.9 Å². The molecule has 1 aliphatic heterocycles. The summed E-state index contributed by atoms with van der Waals surface area (Å²) in [6.07, 6.45) is -3.46. The number of hydrogen-bond donors (Lipinski definition) is 4. The highest BCUT2D eigenvalue weighted by atomic mass is 16.7. The van der Waals surface area contributed by atoms with Gasteiger partial charge in [0.25, 0.3) is 0 Å². The van der Waals surface area contributed by atoms with Crippen LogP contribution in [0.4, 0.5) is 0 Å². The number of carbonyl (C=O) groups excluding carboxylic acids is 4. The van der Waals surface area contributed by atoms with Gasteiger partial charge in [-0.3, -0.25) is 24.0 Å². The molecule has 2 heterocycles. The van der Waals surface area contributed by atoms with Crippen molar-refractivity contribution in [1.82, 2.24) is 0 Å². The Labute approximate surface area is 312 Å². The van der Waals surface area contributed by atoms with Gasteiger partial charge in [-0.2, -0.15) is 0 Å². The number of carbonyl (C=O) groups is 4. The fraction of sp³-hybridized carbons (Fsp3) is 0.564. The first-order valence-corrected chi connectivity index (χ1v) is 18.6. The predicted octanol–water partition coefficient (Wildman–Crippen LogP) is 6.25. The van der Waals surface area contributed by atoms with E-state index in [0.717, 1.165) is 18.2 Å². The first-order chi connectivity index (χ1) is 25.8. The molecule has 4 rings (SSSR count). The molecule has 0 unspecified atom stereocenters. The van der Waals surface area contributed by atoms with Gasteiger partial charge in [-0.05, 0) is 31.7 Å². The average Bonchev–Trinajstić information content (AvgIpc) is 3.13. The maximum absolute atomic E-state index is 13.8. The lowest BCUT2D eigenvalue weighted by Crippen LogP contribution is -2.59. The highest BCUT2D eigenvalue weighted by molar-refractivity contribution is 5.96. The van der Waals surface area contributed by atoms with E-state index >= 15 is 0 Å². The molecule has 1 fully saturated rings. The van der Waals surface area contributed by atoms with Crippen molar-refractivity contribution in [3.8, 4) is 23.0 Å². The number of phenols is 4. The molecule has 0 spiro atoms. The Hall–Kier alpha value is -5.05. The molecule has 1 aromatic heterocycles. The van der Waals surface area contributed by atoms with Crippen LogP contribution in [-0.2, 0) is 42.9 Å². The Morgan fingerprint density at radius 2 is 1.11 bits per heavy atom.